The summed E-state index contributed by atoms with van der Waals surface area (Å²) in [4.78, 5) is 26.6. The van der Waals surface area contributed by atoms with Crippen LogP contribution in [0.3, 0.4) is 0 Å². The number of methoxy groups -OCH3 is 1. The number of nitrogens with zero attached hydrogens (tertiary/aromatic N) is 1. The number of piperidine rings is 1. The predicted molar refractivity (Wildman–Crippen MR) is 85.3 cm³/mol. The summed E-state index contributed by atoms with van der Waals surface area (Å²) in [6.45, 7) is 9.54. The lowest BCUT2D eigenvalue weighted by Gasteiger charge is -2.41. The summed E-state index contributed by atoms with van der Waals surface area (Å²) in [5.41, 5.74) is -0.412. The van der Waals surface area contributed by atoms with Crippen molar-refractivity contribution in [2.45, 2.75) is 59.0 Å². The molecule has 1 N–H and O–H groups in total. The molecule has 2 aliphatic rings. The van der Waals surface area contributed by atoms with Gasteiger partial charge in [0.25, 0.3) is 0 Å². The van der Waals surface area contributed by atoms with Crippen LogP contribution in [0.2, 0.25) is 0 Å². The number of rotatable bonds is 4. The van der Waals surface area contributed by atoms with Gasteiger partial charge in [0.1, 0.15) is 0 Å². The normalized spacial score (nSPS) is 28.0. The molecule has 5 nitrogen and oxygen atoms in total. The summed E-state index contributed by atoms with van der Waals surface area (Å²) in [5.74, 6) is 0.477. The van der Waals surface area contributed by atoms with Gasteiger partial charge in [-0.2, -0.15) is 0 Å². The lowest BCUT2D eigenvalue weighted by atomic mass is 9.90. The number of carbonyl (C=O) groups excluding carboxylic acids is 2. The van der Waals surface area contributed by atoms with E-state index in [1.54, 1.807) is 0 Å². The van der Waals surface area contributed by atoms with Gasteiger partial charge in [-0.15, -0.1) is 0 Å². The topological polar surface area (TPSA) is 58.6 Å². The van der Waals surface area contributed by atoms with E-state index in [9.17, 15) is 9.59 Å². The number of carbonyl (C=O) groups is 2. The number of esters is 1. The zero-order valence-electron chi connectivity index (χ0n) is 14.5. The maximum Gasteiger partial charge on any atom is 0.310 e. The maximum atomic E-state index is 12.3. The first-order valence-electron chi connectivity index (χ1n) is 8.35. The molecule has 1 heterocycles. The van der Waals surface area contributed by atoms with Crippen LogP contribution in [-0.4, -0.2) is 49.1 Å². The fraction of sp³-hybridized carbons (Fsp3) is 0.882. The molecule has 22 heavy (non-hydrogen) atoms. The average Bonchev–Trinajstić information content (AvgIpc) is 3.28. The summed E-state index contributed by atoms with van der Waals surface area (Å²) in [6.07, 6.45) is 3.22. The Hall–Kier alpha value is -1.10. The van der Waals surface area contributed by atoms with Crippen molar-refractivity contribution in [3.05, 3.63) is 0 Å². The van der Waals surface area contributed by atoms with E-state index in [1.807, 2.05) is 20.8 Å². The molecule has 0 aromatic heterocycles. The highest BCUT2D eigenvalue weighted by molar-refractivity contribution is 5.81. The molecule has 1 aliphatic heterocycles. The number of hydrogen-bond acceptors (Lipinski definition) is 4. The van der Waals surface area contributed by atoms with Gasteiger partial charge in [0.15, 0.2) is 0 Å². The highest BCUT2D eigenvalue weighted by atomic mass is 16.5. The molecule has 1 aliphatic carbocycles. The second kappa shape index (κ2) is 6.57. The van der Waals surface area contributed by atoms with Crippen molar-refractivity contribution < 1.29 is 14.3 Å². The van der Waals surface area contributed by atoms with Gasteiger partial charge >= 0.3 is 5.97 Å². The maximum absolute atomic E-state index is 12.3. The van der Waals surface area contributed by atoms with E-state index in [4.69, 9.17) is 4.74 Å². The molecule has 0 aromatic rings. The zero-order valence-corrected chi connectivity index (χ0v) is 14.5. The number of nitrogens with one attached hydrogen (secondary N) is 1. The lowest BCUT2D eigenvalue weighted by molar-refractivity contribution is -0.148. The van der Waals surface area contributed by atoms with Crippen molar-refractivity contribution in [3.63, 3.8) is 0 Å². The standard InChI is InChI=1S/C17H30N2O3/c1-11(12-6-7-12)19-9-13(15(20)22-5)8-14(10-19)18-16(21)17(2,3)4/h11-14H,6-10H2,1-5H3,(H,18,21). The van der Waals surface area contributed by atoms with Gasteiger partial charge in [-0.25, -0.2) is 0 Å². The summed E-state index contributed by atoms with van der Waals surface area (Å²) in [6, 6.07) is 0.493. The fourth-order valence-corrected chi connectivity index (χ4v) is 3.19. The van der Waals surface area contributed by atoms with Gasteiger partial charge in [0.05, 0.1) is 13.0 Å². The second-order valence-corrected chi connectivity index (χ2v) is 7.91. The molecule has 1 saturated heterocycles. The van der Waals surface area contributed by atoms with Crippen molar-refractivity contribution in [1.29, 1.82) is 0 Å². The van der Waals surface area contributed by atoms with Crippen LogP contribution >= 0.6 is 0 Å². The summed E-state index contributed by atoms with van der Waals surface area (Å²) in [7, 11) is 1.44. The Labute approximate surface area is 133 Å². The van der Waals surface area contributed by atoms with E-state index in [2.05, 4.69) is 17.1 Å². The van der Waals surface area contributed by atoms with Crippen LogP contribution in [0.4, 0.5) is 0 Å². The highest BCUT2D eigenvalue weighted by Gasteiger charge is 2.40. The first-order chi connectivity index (χ1) is 10.2. The molecule has 3 unspecified atom stereocenters. The van der Waals surface area contributed by atoms with Crippen molar-refractivity contribution in [1.82, 2.24) is 10.2 Å². The number of amides is 1. The van der Waals surface area contributed by atoms with Crippen LogP contribution in [-0.2, 0) is 14.3 Å². The molecule has 3 atom stereocenters. The third kappa shape index (κ3) is 4.22. The van der Waals surface area contributed by atoms with Crippen molar-refractivity contribution >= 4 is 11.9 Å². The molecule has 1 amide bonds. The SMILES string of the molecule is COC(=O)C1CC(NC(=O)C(C)(C)C)CN(C(C)C2CC2)C1. The Bertz CT molecular complexity index is 426. The van der Waals surface area contributed by atoms with Gasteiger partial charge in [-0.05, 0) is 32.1 Å². The van der Waals surface area contributed by atoms with Crippen LogP contribution in [0.15, 0.2) is 0 Å². The summed E-state index contributed by atoms with van der Waals surface area (Å²) >= 11 is 0. The average molecular weight is 310 g/mol. The van der Waals surface area contributed by atoms with Crippen LogP contribution < -0.4 is 5.32 Å². The van der Waals surface area contributed by atoms with Crippen LogP contribution in [0.5, 0.6) is 0 Å². The van der Waals surface area contributed by atoms with Crippen LogP contribution in [0.25, 0.3) is 0 Å². The first kappa shape index (κ1) is 17.3. The molecule has 0 spiro atoms. The van der Waals surface area contributed by atoms with Gasteiger partial charge in [-0.1, -0.05) is 20.8 Å². The molecule has 2 fully saturated rings. The summed E-state index contributed by atoms with van der Waals surface area (Å²) in [5, 5.41) is 3.12. The lowest BCUT2D eigenvalue weighted by Crippen LogP contribution is -2.56. The molecule has 2 rings (SSSR count). The summed E-state index contributed by atoms with van der Waals surface area (Å²) < 4.78 is 4.94. The van der Waals surface area contributed by atoms with Crippen molar-refractivity contribution in [3.8, 4) is 0 Å². The molecular weight excluding hydrogens is 280 g/mol. The Kier molecular flexibility index (Phi) is 5.15. The minimum absolute atomic E-state index is 0.0192. The molecule has 0 radical (unpaired) electrons. The van der Waals surface area contributed by atoms with E-state index in [1.165, 1.54) is 20.0 Å². The quantitative estimate of drug-likeness (QED) is 0.805. The van der Waals surface area contributed by atoms with Crippen molar-refractivity contribution in [2.75, 3.05) is 20.2 Å². The molecule has 126 valence electrons. The van der Waals surface area contributed by atoms with E-state index >= 15 is 0 Å². The van der Waals surface area contributed by atoms with Gasteiger partial charge < -0.3 is 10.1 Å². The predicted octanol–water partition coefficient (Wildman–Crippen LogP) is 1.81. The van der Waals surface area contributed by atoms with Crippen LogP contribution in [0, 0.1) is 17.3 Å². The third-order valence-electron chi connectivity index (χ3n) is 4.91. The van der Waals surface area contributed by atoms with E-state index in [0.717, 1.165) is 19.0 Å². The minimum atomic E-state index is -0.412. The van der Waals surface area contributed by atoms with Crippen LogP contribution in [0.1, 0.15) is 47.0 Å². The molecule has 0 bridgehead atoms. The van der Waals surface area contributed by atoms with Gasteiger partial charge in [0.2, 0.25) is 5.91 Å². The Morgan fingerprint density at radius 2 is 1.86 bits per heavy atom. The highest BCUT2D eigenvalue weighted by Crippen LogP contribution is 2.36. The number of ether oxygens (including phenoxy) is 1. The molecular formula is C17H30N2O3. The largest absolute Gasteiger partial charge is 0.469 e. The first-order valence-corrected chi connectivity index (χ1v) is 8.35. The van der Waals surface area contributed by atoms with E-state index in [0.29, 0.717) is 12.5 Å². The molecule has 1 saturated carbocycles. The van der Waals surface area contributed by atoms with E-state index in [-0.39, 0.29) is 23.8 Å². The molecule has 5 heteroatoms. The Balaban J connectivity index is 2.04. The fourth-order valence-electron chi connectivity index (χ4n) is 3.19. The Morgan fingerprint density at radius 1 is 1.23 bits per heavy atom. The minimum Gasteiger partial charge on any atom is -0.469 e. The van der Waals surface area contributed by atoms with E-state index < -0.39 is 5.41 Å². The second-order valence-electron chi connectivity index (χ2n) is 7.91. The third-order valence-corrected chi connectivity index (χ3v) is 4.91. The Morgan fingerprint density at radius 3 is 2.36 bits per heavy atom. The number of hydrogen-bond donors (Lipinski definition) is 1. The monoisotopic (exact) mass is 310 g/mol. The van der Waals surface area contributed by atoms with Gasteiger partial charge in [0, 0.05) is 30.6 Å². The van der Waals surface area contributed by atoms with Crippen molar-refractivity contribution in [2.24, 2.45) is 17.3 Å². The number of likely N-dealkylation sites (tertiary alicyclic amines) is 1. The van der Waals surface area contributed by atoms with Gasteiger partial charge in [-0.3, -0.25) is 14.5 Å². The molecule has 0 aromatic carbocycles. The smallest absolute Gasteiger partial charge is 0.310 e. The zero-order chi connectivity index (χ0) is 16.5.